The molecule has 0 saturated heterocycles. The van der Waals surface area contributed by atoms with Gasteiger partial charge in [0, 0.05) is 31.0 Å². The smallest absolute Gasteiger partial charge is 0.234 e. The fourth-order valence-electron chi connectivity index (χ4n) is 2.90. The molecule has 0 radical (unpaired) electrons. The van der Waals surface area contributed by atoms with Crippen LogP contribution < -0.4 is 15.4 Å². The molecule has 2 N–H and O–H groups in total. The van der Waals surface area contributed by atoms with E-state index in [1.54, 1.807) is 38.5 Å². The van der Waals surface area contributed by atoms with Crippen LogP contribution in [-0.4, -0.2) is 53.2 Å². The average Bonchev–Trinajstić information content (AvgIpc) is 3.20. The van der Waals surface area contributed by atoms with Gasteiger partial charge in [-0.3, -0.25) is 14.2 Å². The Kier molecular flexibility index (Phi) is 8.23. The van der Waals surface area contributed by atoms with Crippen molar-refractivity contribution in [3.8, 4) is 17.1 Å². The fourth-order valence-corrected chi connectivity index (χ4v) is 3.67. The van der Waals surface area contributed by atoms with Crippen LogP contribution in [0.3, 0.4) is 0 Å². The van der Waals surface area contributed by atoms with E-state index in [0.717, 1.165) is 11.3 Å². The predicted molar refractivity (Wildman–Crippen MR) is 124 cm³/mol. The van der Waals surface area contributed by atoms with E-state index >= 15 is 0 Å². The van der Waals surface area contributed by atoms with Gasteiger partial charge in [0.2, 0.25) is 11.8 Å². The fraction of sp³-hybridized carbons (Fsp3) is 0.273. The van der Waals surface area contributed by atoms with E-state index in [1.807, 2.05) is 28.8 Å². The van der Waals surface area contributed by atoms with Gasteiger partial charge in [0.05, 0.1) is 26.0 Å². The van der Waals surface area contributed by atoms with Gasteiger partial charge >= 0.3 is 0 Å². The molecule has 0 aliphatic carbocycles. The molecule has 0 fully saturated rings. The van der Waals surface area contributed by atoms with Crippen molar-refractivity contribution in [2.75, 3.05) is 37.2 Å². The average molecular weight is 456 g/mol. The van der Waals surface area contributed by atoms with Gasteiger partial charge in [-0.2, -0.15) is 0 Å². The molecule has 10 heteroatoms. The molecule has 3 rings (SSSR count). The van der Waals surface area contributed by atoms with Crippen molar-refractivity contribution in [3.05, 3.63) is 48.5 Å². The van der Waals surface area contributed by atoms with Crippen molar-refractivity contribution in [2.24, 2.45) is 0 Å². The lowest BCUT2D eigenvalue weighted by Gasteiger charge is -2.10. The van der Waals surface area contributed by atoms with Crippen LogP contribution in [-0.2, 0) is 20.9 Å². The molecule has 0 aliphatic rings. The number of ether oxygens (including phenoxy) is 2. The number of nitrogens with one attached hydrogen (secondary N) is 2. The molecule has 0 atom stereocenters. The van der Waals surface area contributed by atoms with Gasteiger partial charge in [-0.15, -0.1) is 10.2 Å². The lowest BCUT2D eigenvalue weighted by atomic mass is 10.2. The second kappa shape index (κ2) is 11.3. The zero-order valence-electron chi connectivity index (χ0n) is 18.1. The van der Waals surface area contributed by atoms with E-state index < -0.39 is 0 Å². The number of amides is 2. The Labute approximate surface area is 190 Å². The molecule has 32 heavy (non-hydrogen) atoms. The second-order valence-electron chi connectivity index (χ2n) is 6.77. The summed E-state index contributed by atoms with van der Waals surface area (Å²) < 4.78 is 12.4. The normalized spacial score (nSPS) is 10.6. The number of thioether (sulfide) groups is 1. The van der Waals surface area contributed by atoms with Gasteiger partial charge in [0.1, 0.15) is 5.75 Å². The van der Waals surface area contributed by atoms with Gasteiger partial charge in [0.25, 0.3) is 0 Å². The quantitative estimate of drug-likeness (QED) is 0.452. The minimum absolute atomic E-state index is 0.148. The summed E-state index contributed by atoms with van der Waals surface area (Å²) in [6.07, 6.45) is 0. The summed E-state index contributed by atoms with van der Waals surface area (Å²) in [6, 6.07) is 14.5. The molecule has 3 aromatic rings. The highest BCUT2D eigenvalue weighted by molar-refractivity contribution is 7.99. The first-order valence-corrected chi connectivity index (χ1v) is 10.9. The van der Waals surface area contributed by atoms with E-state index in [2.05, 4.69) is 20.8 Å². The highest BCUT2D eigenvalue weighted by Crippen LogP contribution is 2.26. The Hall–Kier alpha value is -3.37. The number of aromatic nitrogens is 3. The molecule has 1 aromatic heterocycles. The molecule has 9 nitrogen and oxygen atoms in total. The van der Waals surface area contributed by atoms with Crippen LogP contribution in [0.4, 0.5) is 11.4 Å². The zero-order chi connectivity index (χ0) is 22.9. The summed E-state index contributed by atoms with van der Waals surface area (Å²) in [5, 5.41) is 14.7. The highest BCUT2D eigenvalue weighted by atomic mass is 32.2. The molecular formula is C22H25N5O4S. The number of carbonyl (C=O) groups is 2. The van der Waals surface area contributed by atoms with Crippen LogP contribution in [0.1, 0.15) is 6.92 Å². The third kappa shape index (κ3) is 6.32. The van der Waals surface area contributed by atoms with Crippen molar-refractivity contribution >= 4 is 35.0 Å². The van der Waals surface area contributed by atoms with Crippen molar-refractivity contribution in [2.45, 2.75) is 18.6 Å². The number of hydrogen-bond donors (Lipinski definition) is 2. The topological polar surface area (TPSA) is 107 Å². The lowest BCUT2D eigenvalue weighted by molar-refractivity contribution is -0.114. The molecule has 2 aromatic carbocycles. The maximum Gasteiger partial charge on any atom is 0.234 e. The van der Waals surface area contributed by atoms with Gasteiger partial charge in [-0.1, -0.05) is 11.8 Å². The SMILES string of the molecule is COCCn1c(SCC(=O)Nc2ccc(NC(C)=O)cc2)nnc1-c1ccc(OC)cc1. The maximum absolute atomic E-state index is 12.4. The summed E-state index contributed by atoms with van der Waals surface area (Å²) in [6.45, 7) is 2.49. The van der Waals surface area contributed by atoms with E-state index in [1.165, 1.54) is 18.7 Å². The number of carbonyl (C=O) groups excluding carboxylic acids is 2. The number of hydrogen-bond acceptors (Lipinski definition) is 7. The zero-order valence-corrected chi connectivity index (χ0v) is 18.9. The van der Waals surface area contributed by atoms with E-state index in [0.29, 0.717) is 35.5 Å². The highest BCUT2D eigenvalue weighted by Gasteiger charge is 2.16. The summed E-state index contributed by atoms with van der Waals surface area (Å²) >= 11 is 1.30. The molecule has 0 aliphatic heterocycles. The molecule has 1 heterocycles. The molecule has 2 amide bonds. The van der Waals surface area contributed by atoms with Crippen molar-refractivity contribution in [3.63, 3.8) is 0 Å². The summed E-state index contributed by atoms with van der Waals surface area (Å²) in [5.41, 5.74) is 2.21. The first-order valence-electron chi connectivity index (χ1n) is 9.87. The molecule has 0 unspecified atom stereocenters. The minimum Gasteiger partial charge on any atom is -0.497 e. The van der Waals surface area contributed by atoms with Crippen molar-refractivity contribution in [1.82, 2.24) is 14.8 Å². The Morgan fingerprint density at radius 2 is 1.62 bits per heavy atom. The van der Waals surface area contributed by atoms with Crippen LogP contribution >= 0.6 is 11.8 Å². The molecule has 0 spiro atoms. The number of methoxy groups -OCH3 is 2. The Bertz CT molecular complexity index is 1050. The van der Waals surface area contributed by atoms with Crippen molar-refractivity contribution in [1.29, 1.82) is 0 Å². The van der Waals surface area contributed by atoms with E-state index in [4.69, 9.17) is 9.47 Å². The first kappa shape index (κ1) is 23.3. The Morgan fingerprint density at radius 1 is 0.969 bits per heavy atom. The number of rotatable bonds is 10. The summed E-state index contributed by atoms with van der Waals surface area (Å²) in [4.78, 5) is 23.5. The van der Waals surface area contributed by atoms with Gasteiger partial charge in [-0.05, 0) is 48.5 Å². The van der Waals surface area contributed by atoms with Crippen LogP contribution in [0.25, 0.3) is 11.4 Å². The second-order valence-corrected chi connectivity index (χ2v) is 7.72. The summed E-state index contributed by atoms with van der Waals surface area (Å²) in [7, 11) is 3.25. The van der Waals surface area contributed by atoms with Crippen molar-refractivity contribution < 1.29 is 19.1 Å². The van der Waals surface area contributed by atoms with Crippen LogP contribution in [0.5, 0.6) is 5.75 Å². The maximum atomic E-state index is 12.4. The Morgan fingerprint density at radius 3 is 2.22 bits per heavy atom. The van der Waals surface area contributed by atoms with Gasteiger partial charge < -0.3 is 20.1 Å². The minimum atomic E-state index is -0.172. The number of benzene rings is 2. The number of anilines is 2. The van der Waals surface area contributed by atoms with Crippen LogP contribution in [0, 0.1) is 0 Å². The Balaban J connectivity index is 1.66. The lowest BCUT2D eigenvalue weighted by Crippen LogP contribution is -2.15. The van der Waals surface area contributed by atoms with E-state index in [-0.39, 0.29) is 17.6 Å². The van der Waals surface area contributed by atoms with Crippen LogP contribution in [0.15, 0.2) is 53.7 Å². The first-order chi connectivity index (χ1) is 15.5. The van der Waals surface area contributed by atoms with Crippen LogP contribution in [0.2, 0.25) is 0 Å². The molecule has 0 bridgehead atoms. The molecule has 168 valence electrons. The van der Waals surface area contributed by atoms with E-state index in [9.17, 15) is 9.59 Å². The third-order valence-electron chi connectivity index (χ3n) is 4.41. The molecular weight excluding hydrogens is 430 g/mol. The monoisotopic (exact) mass is 455 g/mol. The molecule has 0 saturated carbocycles. The summed E-state index contributed by atoms with van der Waals surface area (Å²) in [5.74, 6) is 1.30. The predicted octanol–water partition coefficient (Wildman–Crippen LogP) is 3.29. The number of nitrogens with zero attached hydrogens (tertiary/aromatic N) is 3. The standard InChI is InChI=1S/C22H25N5O4S/c1-15(28)23-17-6-8-18(9-7-17)24-20(29)14-32-22-26-25-21(27(22)12-13-30-2)16-4-10-19(31-3)11-5-16/h4-11H,12-14H2,1-3H3,(H,23,28)(H,24,29). The van der Waals surface area contributed by atoms with Gasteiger partial charge in [-0.25, -0.2) is 0 Å². The van der Waals surface area contributed by atoms with Gasteiger partial charge in [0.15, 0.2) is 11.0 Å². The largest absolute Gasteiger partial charge is 0.497 e. The third-order valence-corrected chi connectivity index (χ3v) is 5.37.